The number of benzene rings is 3. The number of piperidine rings is 2. The minimum Gasteiger partial charge on any atom is -0.300 e. The highest BCUT2D eigenvalue weighted by Gasteiger charge is 2.29. The van der Waals surface area contributed by atoms with Crippen LogP contribution in [0, 0.1) is 5.92 Å². The molecule has 1 unspecified atom stereocenters. The molecule has 5 heteroatoms. The zero-order valence-electron chi connectivity index (χ0n) is 20.3. The average Bonchev–Trinajstić information content (AvgIpc) is 2.90. The van der Waals surface area contributed by atoms with E-state index >= 15 is 0 Å². The van der Waals surface area contributed by atoms with E-state index in [4.69, 9.17) is 23.2 Å². The normalized spacial score (nSPS) is 20.3. The molecule has 3 nitrogen and oxygen atoms in total. The summed E-state index contributed by atoms with van der Waals surface area (Å²) >= 11 is 12.3. The molecule has 0 aromatic heterocycles. The summed E-state index contributed by atoms with van der Waals surface area (Å²) in [5, 5.41) is 3.59. The second kappa shape index (κ2) is 11.4. The lowest BCUT2D eigenvalue weighted by atomic mass is 9.89. The van der Waals surface area contributed by atoms with Gasteiger partial charge in [-0.05, 0) is 92.2 Å². The van der Waals surface area contributed by atoms with Crippen LogP contribution in [0.1, 0.15) is 54.4 Å². The van der Waals surface area contributed by atoms with Crippen molar-refractivity contribution in [3.8, 4) is 0 Å². The molecule has 184 valence electrons. The second-order valence-electron chi connectivity index (χ2n) is 10.3. The molecule has 2 fully saturated rings. The molecule has 2 heterocycles. The Morgan fingerprint density at radius 2 is 1.66 bits per heavy atom. The molecule has 0 radical (unpaired) electrons. The van der Waals surface area contributed by atoms with Crippen molar-refractivity contribution in [3.63, 3.8) is 0 Å². The summed E-state index contributed by atoms with van der Waals surface area (Å²) in [5.41, 5.74) is 2.08. The Balaban J connectivity index is 1.09. The monoisotopic (exact) mass is 508 g/mol. The van der Waals surface area contributed by atoms with Crippen molar-refractivity contribution >= 4 is 39.8 Å². The quantitative estimate of drug-likeness (QED) is 0.309. The molecule has 2 saturated heterocycles. The molecule has 0 N–H and O–H groups in total. The van der Waals surface area contributed by atoms with E-state index in [0.717, 1.165) is 43.5 Å². The van der Waals surface area contributed by atoms with Gasteiger partial charge in [-0.25, -0.2) is 0 Å². The van der Waals surface area contributed by atoms with Gasteiger partial charge in [0.15, 0.2) is 5.78 Å². The van der Waals surface area contributed by atoms with E-state index in [1.54, 1.807) is 0 Å². The summed E-state index contributed by atoms with van der Waals surface area (Å²) in [6, 6.07) is 21.0. The zero-order chi connectivity index (χ0) is 24.2. The van der Waals surface area contributed by atoms with Crippen LogP contribution >= 0.6 is 23.2 Å². The molecule has 0 aliphatic carbocycles. The zero-order valence-corrected chi connectivity index (χ0v) is 21.8. The number of ketones is 1. The lowest BCUT2D eigenvalue weighted by Gasteiger charge is -2.42. The van der Waals surface area contributed by atoms with Gasteiger partial charge in [-0.2, -0.15) is 0 Å². The summed E-state index contributed by atoms with van der Waals surface area (Å²) in [5.74, 6) is 0.908. The maximum absolute atomic E-state index is 12.9. The number of fused-ring (bicyclic) bond motifs is 1. The molecule has 35 heavy (non-hydrogen) atoms. The van der Waals surface area contributed by atoms with E-state index < -0.39 is 0 Å². The molecule has 1 atom stereocenters. The summed E-state index contributed by atoms with van der Waals surface area (Å²) in [6.45, 7) is 5.51. The Morgan fingerprint density at radius 3 is 2.46 bits per heavy atom. The van der Waals surface area contributed by atoms with Gasteiger partial charge in [-0.15, -0.1) is 0 Å². The van der Waals surface area contributed by atoms with Crippen LogP contribution in [0.4, 0.5) is 0 Å². The molecule has 3 aromatic rings. The van der Waals surface area contributed by atoms with Gasteiger partial charge in [0.1, 0.15) is 0 Å². The number of carbonyl (C=O) groups is 1. The van der Waals surface area contributed by atoms with Crippen molar-refractivity contribution < 1.29 is 4.79 Å². The molecule has 2 aliphatic heterocycles. The fraction of sp³-hybridized carbons (Fsp3) is 0.433. The predicted octanol–water partition coefficient (Wildman–Crippen LogP) is 7.49. The minimum absolute atomic E-state index is 0.281. The van der Waals surface area contributed by atoms with Gasteiger partial charge < -0.3 is 4.90 Å². The van der Waals surface area contributed by atoms with E-state index in [1.165, 1.54) is 43.2 Å². The molecule has 0 saturated carbocycles. The van der Waals surface area contributed by atoms with Crippen molar-refractivity contribution in [1.82, 2.24) is 9.80 Å². The fourth-order valence-electron chi connectivity index (χ4n) is 5.85. The van der Waals surface area contributed by atoms with E-state index in [2.05, 4.69) is 40.1 Å². The van der Waals surface area contributed by atoms with Crippen LogP contribution in [0.15, 0.2) is 60.7 Å². The van der Waals surface area contributed by atoms with Gasteiger partial charge in [-0.3, -0.25) is 9.69 Å². The van der Waals surface area contributed by atoms with Crippen LogP contribution in [0.3, 0.4) is 0 Å². The smallest absolute Gasteiger partial charge is 0.162 e. The van der Waals surface area contributed by atoms with Gasteiger partial charge in [0.2, 0.25) is 0 Å². The maximum atomic E-state index is 12.9. The Morgan fingerprint density at radius 1 is 0.857 bits per heavy atom. The number of halogens is 2. The third-order valence-corrected chi connectivity index (χ3v) is 8.60. The van der Waals surface area contributed by atoms with Crippen molar-refractivity contribution in [1.29, 1.82) is 0 Å². The minimum atomic E-state index is 0.281. The number of likely N-dealkylation sites (tertiary alicyclic amines) is 2. The van der Waals surface area contributed by atoms with Crippen molar-refractivity contribution in [2.45, 2.75) is 51.1 Å². The van der Waals surface area contributed by atoms with Crippen molar-refractivity contribution in [3.05, 3.63) is 81.8 Å². The number of Topliss-reactive ketones (excluding diaryl/α,β-unsaturated/α-hetero) is 1. The maximum Gasteiger partial charge on any atom is 0.162 e. The number of nitrogens with zero attached hydrogens (tertiary/aromatic N) is 2. The van der Waals surface area contributed by atoms with Gasteiger partial charge in [0, 0.05) is 31.1 Å². The standard InChI is InChI=1S/C30H34Cl2N2O/c31-28-11-7-23(18-29(28)32)20-33-16-13-27(14-17-33)34-15-3-4-22(21-34)8-12-30(35)26-10-9-24-5-1-2-6-25(24)19-26/h1-2,5-7,9-11,18-19,22,27H,3-4,8,12-17,20-21H2. The Bertz CT molecular complexity index is 1170. The van der Waals surface area contributed by atoms with Crippen LogP contribution in [0.2, 0.25) is 10.0 Å². The van der Waals surface area contributed by atoms with Crippen LogP contribution in [0.25, 0.3) is 10.8 Å². The average molecular weight is 510 g/mol. The third-order valence-electron chi connectivity index (χ3n) is 7.87. The molecule has 0 bridgehead atoms. The predicted molar refractivity (Wildman–Crippen MR) is 147 cm³/mol. The Kier molecular flexibility index (Phi) is 8.09. The van der Waals surface area contributed by atoms with Gasteiger partial charge in [0.05, 0.1) is 10.0 Å². The Labute approximate surface area is 219 Å². The van der Waals surface area contributed by atoms with Gasteiger partial charge in [0.25, 0.3) is 0 Å². The Hall–Kier alpha value is -1.91. The molecule has 5 rings (SSSR count). The molecule has 0 spiro atoms. The molecule has 2 aliphatic rings. The number of hydrogen-bond donors (Lipinski definition) is 0. The molecular weight excluding hydrogens is 475 g/mol. The second-order valence-corrected chi connectivity index (χ2v) is 11.1. The van der Waals surface area contributed by atoms with E-state index in [-0.39, 0.29) is 5.78 Å². The van der Waals surface area contributed by atoms with E-state index in [0.29, 0.717) is 28.4 Å². The van der Waals surface area contributed by atoms with Crippen molar-refractivity contribution in [2.24, 2.45) is 5.92 Å². The summed E-state index contributed by atoms with van der Waals surface area (Å²) in [6.07, 6.45) is 6.57. The summed E-state index contributed by atoms with van der Waals surface area (Å²) in [4.78, 5) is 18.1. The highest BCUT2D eigenvalue weighted by Crippen LogP contribution is 2.28. The summed E-state index contributed by atoms with van der Waals surface area (Å²) < 4.78 is 0. The molecule has 3 aromatic carbocycles. The first-order valence-electron chi connectivity index (χ1n) is 13.0. The summed E-state index contributed by atoms with van der Waals surface area (Å²) in [7, 11) is 0. The molecule has 0 amide bonds. The third kappa shape index (κ3) is 6.27. The number of rotatable bonds is 7. The lowest BCUT2D eigenvalue weighted by Crippen LogP contribution is -2.48. The SMILES string of the molecule is O=C(CCC1CCCN(C2CCN(Cc3ccc(Cl)c(Cl)c3)CC2)C1)c1ccc2ccccc2c1. The highest BCUT2D eigenvalue weighted by atomic mass is 35.5. The van der Waals surface area contributed by atoms with Gasteiger partial charge in [-0.1, -0.05) is 65.7 Å². The largest absolute Gasteiger partial charge is 0.300 e. The van der Waals surface area contributed by atoms with Crippen LogP contribution in [-0.2, 0) is 6.54 Å². The van der Waals surface area contributed by atoms with Gasteiger partial charge >= 0.3 is 0 Å². The van der Waals surface area contributed by atoms with Crippen LogP contribution < -0.4 is 0 Å². The number of carbonyl (C=O) groups excluding carboxylic acids is 1. The first-order valence-corrected chi connectivity index (χ1v) is 13.7. The highest BCUT2D eigenvalue weighted by molar-refractivity contribution is 6.42. The first-order chi connectivity index (χ1) is 17.0. The van der Waals surface area contributed by atoms with E-state index in [9.17, 15) is 4.79 Å². The topological polar surface area (TPSA) is 23.6 Å². The lowest BCUT2D eigenvalue weighted by molar-refractivity contribution is 0.0657. The van der Waals surface area contributed by atoms with Crippen molar-refractivity contribution in [2.75, 3.05) is 26.2 Å². The molecular formula is C30H34Cl2N2O. The first kappa shape index (κ1) is 24.8. The van der Waals surface area contributed by atoms with Crippen LogP contribution in [0.5, 0.6) is 0 Å². The number of hydrogen-bond acceptors (Lipinski definition) is 3. The fourth-order valence-corrected chi connectivity index (χ4v) is 6.17. The van der Waals surface area contributed by atoms with E-state index in [1.807, 2.05) is 30.3 Å². The van der Waals surface area contributed by atoms with Crippen LogP contribution in [-0.4, -0.2) is 47.8 Å².